The fourth-order valence-corrected chi connectivity index (χ4v) is 3.33. The smallest absolute Gasteiger partial charge is 0.0620 e. The van der Waals surface area contributed by atoms with Crippen molar-refractivity contribution in [2.45, 2.75) is 10.8 Å². The molecule has 3 rings (SSSR count). The zero-order chi connectivity index (χ0) is 10.4. The first kappa shape index (κ1) is 9.40. The van der Waals surface area contributed by atoms with Crippen molar-refractivity contribution in [3.63, 3.8) is 0 Å². The molecule has 0 amide bonds. The van der Waals surface area contributed by atoms with Crippen molar-refractivity contribution in [3.8, 4) is 11.1 Å². The summed E-state index contributed by atoms with van der Waals surface area (Å²) in [6, 6.07) is 15.5. The predicted molar refractivity (Wildman–Crippen MR) is 72.5 cm³/mol. The molecule has 0 fully saturated rings. The minimum atomic E-state index is 0.522. The molecule has 0 N–H and O–H groups in total. The summed E-state index contributed by atoms with van der Waals surface area (Å²) in [6.45, 7) is 2.16. The first-order valence-corrected chi connectivity index (χ1v) is 6.36. The Morgan fingerprint density at radius 1 is 0.933 bits per heavy atom. The number of alkyl halides is 1. The standard InChI is InChI=1S/C14H11I/c1-9-6-7-11-10-4-2-3-5-12(10)14(15)13(11)8-9/h2-8,14H,1H3. The number of aryl methyl sites for hydroxylation is 1. The molecule has 1 atom stereocenters. The van der Waals surface area contributed by atoms with E-state index in [9.17, 15) is 0 Å². The van der Waals surface area contributed by atoms with Gasteiger partial charge in [0, 0.05) is 0 Å². The molecule has 1 aliphatic carbocycles. The van der Waals surface area contributed by atoms with Crippen molar-refractivity contribution in [2.24, 2.45) is 0 Å². The van der Waals surface area contributed by atoms with E-state index in [1.807, 2.05) is 0 Å². The number of fused-ring (bicyclic) bond motifs is 3. The van der Waals surface area contributed by atoms with Gasteiger partial charge in [-0.3, -0.25) is 0 Å². The Balaban J connectivity index is 2.32. The van der Waals surface area contributed by atoms with Crippen LogP contribution in [0.3, 0.4) is 0 Å². The topological polar surface area (TPSA) is 0 Å². The highest BCUT2D eigenvalue weighted by Crippen LogP contribution is 2.48. The van der Waals surface area contributed by atoms with Crippen molar-refractivity contribution in [3.05, 3.63) is 59.2 Å². The fraction of sp³-hybridized carbons (Fsp3) is 0.143. The maximum atomic E-state index is 2.53. The van der Waals surface area contributed by atoms with Crippen LogP contribution in [0.15, 0.2) is 42.5 Å². The summed E-state index contributed by atoms with van der Waals surface area (Å²) in [6.07, 6.45) is 0. The van der Waals surface area contributed by atoms with Crippen LogP contribution in [-0.4, -0.2) is 0 Å². The molecule has 15 heavy (non-hydrogen) atoms. The predicted octanol–water partition coefficient (Wildman–Crippen LogP) is 4.50. The maximum Gasteiger partial charge on any atom is 0.0620 e. The SMILES string of the molecule is Cc1ccc2c(c1)C(I)c1ccccc1-2. The lowest BCUT2D eigenvalue weighted by molar-refractivity contribution is 1.26. The Hall–Kier alpha value is -0.830. The lowest BCUT2D eigenvalue weighted by Gasteiger charge is -2.04. The second-order valence-corrected chi connectivity index (χ2v) is 5.29. The normalized spacial score (nSPS) is 17.3. The zero-order valence-corrected chi connectivity index (χ0v) is 10.7. The van der Waals surface area contributed by atoms with E-state index >= 15 is 0 Å². The molecule has 0 bridgehead atoms. The van der Waals surface area contributed by atoms with Gasteiger partial charge in [0.15, 0.2) is 0 Å². The van der Waals surface area contributed by atoms with Crippen molar-refractivity contribution >= 4 is 22.6 Å². The Kier molecular flexibility index (Phi) is 2.09. The van der Waals surface area contributed by atoms with Gasteiger partial charge in [-0.1, -0.05) is 70.6 Å². The summed E-state index contributed by atoms with van der Waals surface area (Å²) >= 11 is 2.53. The van der Waals surface area contributed by atoms with Crippen molar-refractivity contribution in [1.29, 1.82) is 0 Å². The molecule has 2 aromatic rings. The van der Waals surface area contributed by atoms with Crippen LogP contribution in [0.25, 0.3) is 11.1 Å². The molecule has 1 heteroatoms. The highest BCUT2D eigenvalue weighted by molar-refractivity contribution is 14.1. The second-order valence-electron chi connectivity index (χ2n) is 4.04. The van der Waals surface area contributed by atoms with Gasteiger partial charge in [-0.2, -0.15) is 0 Å². The van der Waals surface area contributed by atoms with Crippen LogP contribution < -0.4 is 0 Å². The van der Waals surface area contributed by atoms with Gasteiger partial charge in [0.05, 0.1) is 3.92 Å². The van der Waals surface area contributed by atoms with E-state index in [0.29, 0.717) is 3.92 Å². The van der Waals surface area contributed by atoms with Crippen LogP contribution in [0.4, 0.5) is 0 Å². The quantitative estimate of drug-likeness (QED) is 0.496. The molecule has 0 aliphatic heterocycles. The van der Waals surface area contributed by atoms with E-state index in [1.165, 1.54) is 27.8 Å². The number of hydrogen-bond acceptors (Lipinski definition) is 0. The van der Waals surface area contributed by atoms with Gasteiger partial charge in [0.1, 0.15) is 0 Å². The van der Waals surface area contributed by atoms with E-state index in [4.69, 9.17) is 0 Å². The summed E-state index contributed by atoms with van der Waals surface area (Å²) in [5.74, 6) is 0. The molecule has 1 unspecified atom stereocenters. The molecular formula is C14H11I. The van der Waals surface area contributed by atoms with Crippen LogP contribution in [0, 0.1) is 6.92 Å². The summed E-state index contributed by atoms with van der Waals surface area (Å²) in [7, 11) is 0. The van der Waals surface area contributed by atoms with Gasteiger partial charge in [-0.25, -0.2) is 0 Å². The van der Waals surface area contributed by atoms with Crippen LogP contribution in [0.5, 0.6) is 0 Å². The molecule has 0 aromatic heterocycles. The third kappa shape index (κ3) is 1.33. The lowest BCUT2D eigenvalue weighted by atomic mass is 10.0. The molecule has 2 aromatic carbocycles. The summed E-state index contributed by atoms with van der Waals surface area (Å²) in [5.41, 5.74) is 7.10. The zero-order valence-electron chi connectivity index (χ0n) is 8.50. The number of hydrogen-bond donors (Lipinski definition) is 0. The minimum Gasteiger partial charge on any atom is -0.0721 e. The molecule has 0 radical (unpaired) electrons. The average Bonchev–Trinajstić information content (AvgIpc) is 2.54. The van der Waals surface area contributed by atoms with E-state index < -0.39 is 0 Å². The van der Waals surface area contributed by atoms with E-state index in [1.54, 1.807) is 0 Å². The molecule has 0 saturated heterocycles. The van der Waals surface area contributed by atoms with Crippen molar-refractivity contribution < 1.29 is 0 Å². The largest absolute Gasteiger partial charge is 0.0721 e. The molecule has 0 nitrogen and oxygen atoms in total. The van der Waals surface area contributed by atoms with Crippen molar-refractivity contribution in [1.82, 2.24) is 0 Å². The van der Waals surface area contributed by atoms with Gasteiger partial charge in [-0.05, 0) is 29.2 Å². The first-order valence-electron chi connectivity index (χ1n) is 5.11. The second kappa shape index (κ2) is 3.34. The van der Waals surface area contributed by atoms with Gasteiger partial charge < -0.3 is 0 Å². The molecule has 0 spiro atoms. The summed E-state index contributed by atoms with van der Waals surface area (Å²) in [4.78, 5) is 0. The van der Waals surface area contributed by atoms with E-state index in [2.05, 4.69) is 72.0 Å². The van der Waals surface area contributed by atoms with Crippen LogP contribution in [0.2, 0.25) is 0 Å². The lowest BCUT2D eigenvalue weighted by Crippen LogP contribution is -1.85. The Labute approximate surface area is 103 Å². The number of benzene rings is 2. The van der Waals surface area contributed by atoms with Crippen LogP contribution in [0.1, 0.15) is 20.6 Å². The summed E-state index contributed by atoms with van der Waals surface area (Å²) < 4.78 is 0.522. The fourth-order valence-electron chi connectivity index (χ4n) is 2.27. The van der Waals surface area contributed by atoms with E-state index in [0.717, 1.165) is 0 Å². The van der Waals surface area contributed by atoms with Crippen LogP contribution >= 0.6 is 22.6 Å². The monoisotopic (exact) mass is 306 g/mol. The molecule has 74 valence electrons. The molecule has 1 aliphatic rings. The van der Waals surface area contributed by atoms with Gasteiger partial charge in [-0.15, -0.1) is 0 Å². The number of halogens is 1. The Morgan fingerprint density at radius 2 is 1.67 bits per heavy atom. The number of rotatable bonds is 0. The molecule has 0 saturated carbocycles. The molecule has 0 heterocycles. The maximum absolute atomic E-state index is 2.53. The van der Waals surface area contributed by atoms with Gasteiger partial charge in [0.2, 0.25) is 0 Å². The van der Waals surface area contributed by atoms with Crippen LogP contribution in [-0.2, 0) is 0 Å². The Bertz CT molecular complexity index is 529. The van der Waals surface area contributed by atoms with Crippen molar-refractivity contribution in [2.75, 3.05) is 0 Å². The average molecular weight is 306 g/mol. The molecular weight excluding hydrogens is 295 g/mol. The van der Waals surface area contributed by atoms with Gasteiger partial charge >= 0.3 is 0 Å². The highest BCUT2D eigenvalue weighted by atomic mass is 127. The van der Waals surface area contributed by atoms with Gasteiger partial charge in [0.25, 0.3) is 0 Å². The first-order chi connectivity index (χ1) is 7.27. The summed E-state index contributed by atoms with van der Waals surface area (Å²) in [5, 5.41) is 0. The highest BCUT2D eigenvalue weighted by Gasteiger charge is 2.25. The van der Waals surface area contributed by atoms with E-state index in [-0.39, 0.29) is 0 Å². The Morgan fingerprint density at radius 3 is 2.53 bits per heavy atom. The minimum absolute atomic E-state index is 0.522. The third-order valence-electron chi connectivity index (χ3n) is 3.00. The third-order valence-corrected chi connectivity index (χ3v) is 4.35.